The molecule has 0 unspecified atom stereocenters. The molecule has 0 saturated carbocycles. The molecular formula is C15H16F2N4O2S. The van der Waals surface area contributed by atoms with E-state index in [4.69, 9.17) is 0 Å². The zero-order valence-corrected chi connectivity index (χ0v) is 14.1. The maximum Gasteiger partial charge on any atom is 0.257 e. The third-order valence-electron chi connectivity index (χ3n) is 3.18. The maximum atomic E-state index is 13.7. The Balaban J connectivity index is 2.16. The van der Waals surface area contributed by atoms with Gasteiger partial charge in [-0.25, -0.2) is 8.78 Å². The van der Waals surface area contributed by atoms with Gasteiger partial charge in [0.15, 0.2) is 0 Å². The van der Waals surface area contributed by atoms with Gasteiger partial charge in [-0.3, -0.25) is 14.9 Å². The van der Waals surface area contributed by atoms with Gasteiger partial charge in [0.2, 0.25) is 11.0 Å². The van der Waals surface area contributed by atoms with Crippen LogP contribution in [0.2, 0.25) is 0 Å². The number of benzene rings is 1. The Morgan fingerprint density at radius 2 is 1.79 bits per heavy atom. The number of hydrogen-bond donors (Lipinski definition) is 2. The predicted molar refractivity (Wildman–Crippen MR) is 85.7 cm³/mol. The standard InChI is InChI=1S/C15H16F2N4O2S/c1-7(2)12(14(23)19-15-21-20-8(3)24-15)18-13(22)11-9(16)5-4-6-10(11)17/h4-7,12H,1-3H3,(H,18,22)(H,19,21,23)/t12-/m0/s1. The third-order valence-corrected chi connectivity index (χ3v) is 3.94. The molecule has 0 saturated heterocycles. The van der Waals surface area contributed by atoms with Crippen molar-refractivity contribution in [2.45, 2.75) is 26.8 Å². The molecule has 2 N–H and O–H groups in total. The molecule has 0 bridgehead atoms. The van der Waals surface area contributed by atoms with Crippen molar-refractivity contribution in [2.75, 3.05) is 5.32 Å². The average molecular weight is 354 g/mol. The second kappa shape index (κ2) is 7.43. The summed E-state index contributed by atoms with van der Waals surface area (Å²) in [4.78, 5) is 24.5. The van der Waals surface area contributed by atoms with Crippen LogP contribution in [0.3, 0.4) is 0 Å². The van der Waals surface area contributed by atoms with E-state index in [1.54, 1.807) is 20.8 Å². The quantitative estimate of drug-likeness (QED) is 0.864. The van der Waals surface area contributed by atoms with Gasteiger partial charge in [-0.2, -0.15) is 0 Å². The van der Waals surface area contributed by atoms with E-state index in [1.807, 2.05) is 0 Å². The van der Waals surface area contributed by atoms with E-state index in [0.29, 0.717) is 5.01 Å². The summed E-state index contributed by atoms with van der Waals surface area (Å²) in [6, 6.07) is 2.13. The number of carbonyl (C=O) groups excluding carboxylic acids is 2. The van der Waals surface area contributed by atoms with Crippen molar-refractivity contribution >= 4 is 28.3 Å². The average Bonchev–Trinajstić information content (AvgIpc) is 2.89. The van der Waals surface area contributed by atoms with Gasteiger partial charge in [-0.15, -0.1) is 10.2 Å². The predicted octanol–water partition coefficient (Wildman–Crippen LogP) is 2.52. The van der Waals surface area contributed by atoms with Gasteiger partial charge >= 0.3 is 0 Å². The minimum atomic E-state index is -0.993. The summed E-state index contributed by atoms with van der Waals surface area (Å²) in [6.45, 7) is 5.14. The lowest BCUT2D eigenvalue weighted by Crippen LogP contribution is -2.47. The number of rotatable bonds is 5. The van der Waals surface area contributed by atoms with Crippen LogP contribution in [0, 0.1) is 24.5 Å². The van der Waals surface area contributed by atoms with Crippen molar-refractivity contribution in [1.82, 2.24) is 15.5 Å². The number of aromatic nitrogens is 2. The Morgan fingerprint density at radius 3 is 2.29 bits per heavy atom. The number of nitrogens with zero attached hydrogens (tertiary/aromatic N) is 2. The van der Waals surface area contributed by atoms with Crippen molar-refractivity contribution in [3.05, 3.63) is 40.4 Å². The molecule has 9 heteroatoms. The monoisotopic (exact) mass is 354 g/mol. The molecule has 6 nitrogen and oxygen atoms in total. The first-order chi connectivity index (χ1) is 11.3. The van der Waals surface area contributed by atoms with Crippen LogP contribution in [0.1, 0.15) is 29.2 Å². The molecule has 24 heavy (non-hydrogen) atoms. The summed E-state index contributed by atoms with van der Waals surface area (Å²) < 4.78 is 27.4. The van der Waals surface area contributed by atoms with Gasteiger partial charge in [0, 0.05) is 0 Å². The van der Waals surface area contributed by atoms with E-state index in [0.717, 1.165) is 18.2 Å². The zero-order chi connectivity index (χ0) is 17.9. The lowest BCUT2D eigenvalue weighted by molar-refractivity contribution is -0.118. The molecule has 0 aliphatic rings. The van der Waals surface area contributed by atoms with E-state index in [1.165, 1.54) is 11.3 Å². The SMILES string of the molecule is Cc1nnc(NC(=O)[C@@H](NC(=O)c2c(F)cccc2F)C(C)C)s1. The highest BCUT2D eigenvalue weighted by atomic mass is 32.1. The molecule has 1 aromatic heterocycles. The van der Waals surface area contributed by atoms with Crippen molar-refractivity contribution < 1.29 is 18.4 Å². The van der Waals surface area contributed by atoms with Crippen molar-refractivity contribution in [1.29, 1.82) is 0 Å². The molecule has 1 aromatic carbocycles. The molecule has 2 amide bonds. The fourth-order valence-electron chi connectivity index (χ4n) is 1.99. The molecule has 0 aliphatic heterocycles. The van der Waals surface area contributed by atoms with E-state index < -0.39 is 35.1 Å². The van der Waals surface area contributed by atoms with E-state index >= 15 is 0 Å². The second-order valence-electron chi connectivity index (χ2n) is 5.41. The molecular weight excluding hydrogens is 338 g/mol. The Hall–Kier alpha value is -2.42. The molecule has 1 atom stereocenters. The van der Waals surface area contributed by atoms with Gasteiger partial charge in [-0.05, 0) is 25.0 Å². The highest BCUT2D eigenvalue weighted by Gasteiger charge is 2.27. The Morgan fingerprint density at radius 1 is 1.17 bits per heavy atom. The summed E-state index contributed by atoms with van der Waals surface area (Å²) in [6.07, 6.45) is 0. The fourth-order valence-corrected chi connectivity index (χ4v) is 2.59. The molecule has 128 valence electrons. The summed E-state index contributed by atoms with van der Waals surface area (Å²) in [5, 5.41) is 13.4. The summed E-state index contributed by atoms with van der Waals surface area (Å²) in [7, 11) is 0. The Bertz CT molecular complexity index is 743. The minimum absolute atomic E-state index is 0.287. The van der Waals surface area contributed by atoms with Crippen LogP contribution in [0.15, 0.2) is 18.2 Å². The second-order valence-corrected chi connectivity index (χ2v) is 6.59. The zero-order valence-electron chi connectivity index (χ0n) is 13.3. The largest absolute Gasteiger partial charge is 0.340 e. The van der Waals surface area contributed by atoms with Crippen LogP contribution >= 0.6 is 11.3 Å². The van der Waals surface area contributed by atoms with Crippen LogP contribution in [0.4, 0.5) is 13.9 Å². The van der Waals surface area contributed by atoms with Gasteiger partial charge in [0.1, 0.15) is 28.2 Å². The molecule has 1 heterocycles. The maximum absolute atomic E-state index is 13.7. The summed E-state index contributed by atoms with van der Waals surface area (Å²) in [5.74, 6) is -3.82. The van der Waals surface area contributed by atoms with Crippen LogP contribution in [-0.2, 0) is 4.79 Å². The van der Waals surface area contributed by atoms with Crippen molar-refractivity contribution in [3.63, 3.8) is 0 Å². The molecule has 0 fully saturated rings. The topological polar surface area (TPSA) is 84.0 Å². The minimum Gasteiger partial charge on any atom is -0.340 e. The molecule has 0 radical (unpaired) electrons. The molecule has 2 aromatic rings. The Kier molecular flexibility index (Phi) is 5.55. The van der Waals surface area contributed by atoms with Crippen molar-refractivity contribution in [2.24, 2.45) is 5.92 Å². The van der Waals surface area contributed by atoms with E-state index in [-0.39, 0.29) is 11.0 Å². The number of halogens is 2. The number of hydrogen-bond acceptors (Lipinski definition) is 5. The van der Waals surface area contributed by atoms with Crippen LogP contribution in [0.5, 0.6) is 0 Å². The van der Waals surface area contributed by atoms with E-state index in [2.05, 4.69) is 20.8 Å². The number of nitrogens with one attached hydrogen (secondary N) is 2. The molecule has 0 spiro atoms. The van der Waals surface area contributed by atoms with Gasteiger partial charge < -0.3 is 5.32 Å². The lowest BCUT2D eigenvalue weighted by Gasteiger charge is -2.21. The van der Waals surface area contributed by atoms with Crippen LogP contribution in [-0.4, -0.2) is 28.1 Å². The highest BCUT2D eigenvalue weighted by Crippen LogP contribution is 2.16. The summed E-state index contributed by atoms with van der Waals surface area (Å²) in [5.41, 5.74) is -0.720. The number of aryl methyl sites for hydroxylation is 1. The first kappa shape index (κ1) is 17.9. The summed E-state index contributed by atoms with van der Waals surface area (Å²) >= 11 is 1.18. The number of carbonyl (C=O) groups is 2. The molecule has 2 rings (SSSR count). The smallest absolute Gasteiger partial charge is 0.257 e. The highest BCUT2D eigenvalue weighted by molar-refractivity contribution is 7.15. The van der Waals surface area contributed by atoms with Gasteiger partial charge in [0.25, 0.3) is 5.91 Å². The first-order valence-electron chi connectivity index (χ1n) is 7.15. The number of anilines is 1. The van der Waals surface area contributed by atoms with Crippen molar-refractivity contribution in [3.8, 4) is 0 Å². The third kappa shape index (κ3) is 4.10. The number of amides is 2. The first-order valence-corrected chi connectivity index (χ1v) is 7.97. The lowest BCUT2D eigenvalue weighted by atomic mass is 10.0. The van der Waals surface area contributed by atoms with Crippen LogP contribution in [0.25, 0.3) is 0 Å². The van der Waals surface area contributed by atoms with E-state index in [9.17, 15) is 18.4 Å². The normalized spacial score (nSPS) is 12.1. The van der Waals surface area contributed by atoms with Gasteiger partial charge in [-0.1, -0.05) is 31.3 Å². The Labute approximate surface area is 141 Å². The van der Waals surface area contributed by atoms with Gasteiger partial charge in [0.05, 0.1) is 0 Å². The van der Waals surface area contributed by atoms with Crippen LogP contribution < -0.4 is 10.6 Å². The fraction of sp³-hybridized carbons (Fsp3) is 0.333. The molecule has 0 aliphatic carbocycles.